The van der Waals surface area contributed by atoms with Gasteiger partial charge in [-0.05, 0) is 25.0 Å². The number of pyridine rings is 2. The molecule has 1 saturated carbocycles. The van der Waals surface area contributed by atoms with Crippen molar-refractivity contribution in [3.8, 4) is 0 Å². The van der Waals surface area contributed by atoms with Gasteiger partial charge in [-0.1, -0.05) is 18.9 Å². The number of hydrogen-bond acceptors (Lipinski definition) is 4. The molecule has 7 heteroatoms. The van der Waals surface area contributed by atoms with Crippen LogP contribution in [-0.2, 0) is 0 Å². The highest BCUT2D eigenvalue weighted by Crippen LogP contribution is 2.30. The molecule has 0 aliphatic heterocycles. The third kappa shape index (κ3) is 3.84. The summed E-state index contributed by atoms with van der Waals surface area (Å²) in [6.07, 6.45) is 5.15. The van der Waals surface area contributed by atoms with E-state index in [0.717, 1.165) is 37.8 Å². The fourth-order valence-electron chi connectivity index (χ4n) is 3.04. The number of amides is 1. The normalized spacial score (nSPS) is 15.9. The van der Waals surface area contributed by atoms with Crippen molar-refractivity contribution in [3.05, 3.63) is 54.1 Å². The van der Waals surface area contributed by atoms with Crippen molar-refractivity contribution < 1.29 is 13.6 Å². The Morgan fingerprint density at radius 1 is 1.17 bits per heavy atom. The predicted octanol–water partition coefficient (Wildman–Crippen LogP) is 2.91. The summed E-state index contributed by atoms with van der Waals surface area (Å²) >= 11 is 0. The molecule has 1 amide bonds. The molecule has 1 aliphatic rings. The third-order valence-electron chi connectivity index (χ3n) is 4.23. The van der Waals surface area contributed by atoms with Gasteiger partial charge in [-0.25, -0.2) is 0 Å². The minimum Gasteiger partial charge on any atom is -0.382 e. The maximum atomic E-state index is 13.2. The van der Waals surface area contributed by atoms with E-state index in [4.69, 9.17) is 0 Å². The van der Waals surface area contributed by atoms with E-state index < -0.39 is 17.4 Å². The van der Waals surface area contributed by atoms with Gasteiger partial charge in [0, 0.05) is 30.6 Å². The van der Waals surface area contributed by atoms with Gasteiger partial charge in [0.25, 0.3) is 5.91 Å². The lowest BCUT2D eigenvalue weighted by Gasteiger charge is -2.31. The Labute approximate surface area is 138 Å². The fraction of sp³-hybridized carbons (Fsp3) is 0.353. The molecule has 0 bridgehead atoms. The Balaban J connectivity index is 1.70. The molecule has 2 aromatic rings. The molecule has 5 nitrogen and oxygen atoms in total. The molecule has 0 aromatic carbocycles. The van der Waals surface area contributed by atoms with Crippen LogP contribution in [0.5, 0.6) is 0 Å². The number of nitrogens with one attached hydrogen (secondary N) is 2. The first kappa shape index (κ1) is 16.3. The minimum atomic E-state index is -0.879. The summed E-state index contributed by atoms with van der Waals surface area (Å²) in [4.78, 5) is 19.5. The highest BCUT2D eigenvalue weighted by molar-refractivity contribution is 5.92. The van der Waals surface area contributed by atoms with E-state index in [9.17, 15) is 13.6 Å². The smallest absolute Gasteiger partial charge is 0.270 e. The highest BCUT2D eigenvalue weighted by atomic mass is 19.1. The van der Waals surface area contributed by atoms with Gasteiger partial charge in [0.05, 0.1) is 5.54 Å². The third-order valence-corrected chi connectivity index (χ3v) is 4.23. The summed E-state index contributed by atoms with van der Waals surface area (Å²) < 4.78 is 26.4. The monoisotopic (exact) mass is 332 g/mol. The van der Waals surface area contributed by atoms with Crippen LogP contribution in [0.1, 0.15) is 36.2 Å². The number of hydrogen-bond donors (Lipinski definition) is 2. The zero-order chi connectivity index (χ0) is 17.0. The summed E-state index contributed by atoms with van der Waals surface area (Å²) in [5.41, 5.74) is 0.202. The van der Waals surface area contributed by atoms with E-state index in [1.165, 1.54) is 0 Å². The second-order valence-electron chi connectivity index (χ2n) is 6.01. The van der Waals surface area contributed by atoms with Gasteiger partial charge in [-0.3, -0.25) is 9.78 Å². The van der Waals surface area contributed by atoms with E-state index in [2.05, 4.69) is 20.6 Å². The lowest BCUT2D eigenvalue weighted by atomic mass is 9.97. The van der Waals surface area contributed by atoms with Gasteiger partial charge in [-0.15, -0.1) is 0 Å². The number of halogens is 2. The molecule has 0 spiro atoms. The summed E-state index contributed by atoms with van der Waals surface area (Å²) in [6.45, 7) is 0.383. The molecule has 1 fully saturated rings. The van der Waals surface area contributed by atoms with Crippen molar-refractivity contribution in [1.29, 1.82) is 0 Å². The molecule has 0 radical (unpaired) electrons. The molecule has 2 N–H and O–H groups in total. The Kier molecular flexibility index (Phi) is 4.69. The first-order chi connectivity index (χ1) is 11.6. The second-order valence-corrected chi connectivity index (χ2v) is 6.01. The quantitative estimate of drug-likeness (QED) is 0.826. The molecule has 2 aromatic heterocycles. The van der Waals surface area contributed by atoms with Crippen LogP contribution in [0.4, 0.5) is 14.5 Å². The average molecular weight is 332 g/mol. The van der Waals surface area contributed by atoms with Crippen LogP contribution in [-0.4, -0.2) is 28.0 Å². The molecule has 1 aliphatic carbocycles. The zero-order valence-electron chi connectivity index (χ0n) is 13.1. The number of aromatic nitrogens is 2. The van der Waals surface area contributed by atoms with Gasteiger partial charge >= 0.3 is 0 Å². The average Bonchev–Trinajstić information content (AvgIpc) is 3.02. The van der Waals surface area contributed by atoms with Crippen molar-refractivity contribution in [2.75, 3.05) is 11.9 Å². The van der Waals surface area contributed by atoms with Crippen LogP contribution in [0.25, 0.3) is 0 Å². The lowest BCUT2D eigenvalue weighted by Crippen LogP contribution is -2.51. The molecule has 3 rings (SSSR count). The van der Waals surface area contributed by atoms with Crippen molar-refractivity contribution >= 4 is 11.6 Å². The molecule has 24 heavy (non-hydrogen) atoms. The van der Waals surface area contributed by atoms with E-state index in [1.807, 2.05) is 0 Å². The summed E-state index contributed by atoms with van der Waals surface area (Å²) in [5, 5.41) is 6.05. The van der Waals surface area contributed by atoms with E-state index in [1.54, 1.807) is 24.4 Å². The minimum absolute atomic E-state index is 0.244. The van der Waals surface area contributed by atoms with Crippen LogP contribution >= 0.6 is 0 Å². The summed E-state index contributed by atoms with van der Waals surface area (Å²) in [7, 11) is 0. The molecule has 0 atom stereocenters. The lowest BCUT2D eigenvalue weighted by molar-refractivity contribution is 0.0900. The fourth-order valence-corrected chi connectivity index (χ4v) is 3.04. The Hall–Kier alpha value is -2.57. The molecule has 0 saturated heterocycles. The number of rotatable bonds is 5. The van der Waals surface area contributed by atoms with Gasteiger partial charge in [0.2, 0.25) is 11.9 Å². The van der Waals surface area contributed by atoms with Crippen molar-refractivity contribution in [2.24, 2.45) is 0 Å². The first-order valence-corrected chi connectivity index (χ1v) is 7.87. The number of carbonyl (C=O) groups excluding carboxylic acids is 1. The summed E-state index contributed by atoms with van der Waals surface area (Å²) in [6, 6.07) is 7.41. The van der Waals surface area contributed by atoms with E-state index in [0.29, 0.717) is 17.9 Å². The molecule has 0 unspecified atom stereocenters. The predicted molar refractivity (Wildman–Crippen MR) is 85.5 cm³/mol. The van der Waals surface area contributed by atoms with Gasteiger partial charge in [0.15, 0.2) is 0 Å². The number of carbonyl (C=O) groups is 1. The number of anilines is 1. The number of nitrogens with zero attached hydrogens (tertiary/aromatic N) is 2. The van der Waals surface area contributed by atoms with Gasteiger partial charge in [0.1, 0.15) is 5.69 Å². The van der Waals surface area contributed by atoms with Crippen molar-refractivity contribution in [1.82, 2.24) is 15.3 Å². The molecular weight excluding hydrogens is 314 g/mol. The SMILES string of the molecule is O=C(NC1(CNc2cc(F)nc(F)c2)CCCC1)c1ccccn1. The zero-order valence-corrected chi connectivity index (χ0v) is 13.1. The first-order valence-electron chi connectivity index (χ1n) is 7.87. The topological polar surface area (TPSA) is 66.9 Å². The molecule has 2 heterocycles. The standard InChI is InChI=1S/C17H18F2N4O/c18-14-9-12(10-15(19)22-14)21-11-17(6-2-3-7-17)23-16(24)13-5-1-4-8-20-13/h1,4-5,8-10H,2-3,6-7,11H2,(H,21,22)(H,23,24). The largest absolute Gasteiger partial charge is 0.382 e. The van der Waals surface area contributed by atoms with Crippen LogP contribution in [0.2, 0.25) is 0 Å². The highest BCUT2D eigenvalue weighted by Gasteiger charge is 2.35. The maximum Gasteiger partial charge on any atom is 0.270 e. The van der Waals surface area contributed by atoms with Gasteiger partial charge < -0.3 is 10.6 Å². The van der Waals surface area contributed by atoms with Crippen LogP contribution < -0.4 is 10.6 Å². The van der Waals surface area contributed by atoms with Gasteiger partial charge in [-0.2, -0.15) is 13.8 Å². The molecular formula is C17H18F2N4O. The van der Waals surface area contributed by atoms with Crippen LogP contribution in [0, 0.1) is 11.9 Å². The Morgan fingerprint density at radius 2 is 1.88 bits per heavy atom. The Morgan fingerprint density at radius 3 is 2.50 bits per heavy atom. The second kappa shape index (κ2) is 6.90. The summed E-state index contributed by atoms with van der Waals surface area (Å²) in [5.74, 6) is -2.00. The van der Waals surface area contributed by atoms with Crippen LogP contribution in [0.15, 0.2) is 36.5 Å². The van der Waals surface area contributed by atoms with Crippen molar-refractivity contribution in [2.45, 2.75) is 31.2 Å². The Bertz CT molecular complexity index is 698. The van der Waals surface area contributed by atoms with E-state index >= 15 is 0 Å². The maximum absolute atomic E-state index is 13.2. The van der Waals surface area contributed by atoms with Crippen LogP contribution in [0.3, 0.4) is 0 Å². The van der Waals surface area contributed by atoms with E-state index in [-0.39, 0.29) is 5.91 Å². The van der Waals surface area contributed by atoms with Crippen molar-refractivity contribution in [3.63, 3.8) is 0 Å². The molecule has 126 valence electrons.